The van der Waals surface area contributed by atoms with Crippen molar-refractivity contribution in [3.63, 3.8) is 0 Å². The van der Waals surface area contributed by atoms with Crippen LogP contribution in [0.3, 0.4) is 0 Å². The Balaban J connectivity index is 2.15. The van der Waals surface area contributed by atoms with E-state index in [9.17, 15) is 9.59 Å². The van der Waals surface area contributed by atoms with Crippen LogP contribution >= 0.6 is 23.2 Å². The number of esters is 1. The van der Waals surface area contributed by atoms with E-state index < -0.39 is 0 Å². The first-order valence-electron chi connectivity index (χ1n) is 9.45. The number of nitrogens with one attached hydrogen (secondary N) is 1. The second-order valence-corrected chi connectivity index (χ2v) is 7.40. The molecule has 0 saturated heterocycles. The molecule has 0 aliphatic heterocycles. The molecule has 0 spiro atoms. The Labute approximate surface area is 181 Å². The first kappa shape index (κ1) is 23.0. The standard InChI is InChI=1S/C22H25Cl2NO4/c1-4-15(22(27)29-5-2)10-14-6-9-20(28-3)16(11-14)12-21(26)25-19-8-7-17(23)13-18(19)24/h6-9,11,13,15H,4-5,10,12H2,1-3H3,(H,25,26). The summed E-state index contributed by atoms with van der Waals surface area (Å²) in [4.78, 5) is 24.6. The van der Waals surface area contributed by atoms with Crippen molar-refractivity contribution < 1.29 is 19.1 Å². The fraction of sp³-hybridized carbons (Fsp3) is 0.364. The van der Waals surface area contributed by atoms with Crippen molar-refractivity contribution >= 4 is 40.8 Å². The van der Waals surface area contributed by atoms with E-state index in [1.54, 1.807) is 32.2 Å². The van der Waals surface area contributed by atoms with Crippen molar-refractivity contribution in [3.8, 4) is 5.75 Å². The van der Waals surface area contributed by atoms with E-state index in [4.69, 9.17) is 32.7 Å². The number of hydrogen-bond acceptors (Lipinski definition) is 4. The molecular weight excluding hydrogens is 413 g/mol. The van der Waals surface area contributed by atoms with Crippen molar-refractivity contribution in [3.05, 3.63) is 57.6 Å². The molecule has 1 unspecified atom stereocenters. The van der Waals surface area contributed by atoms with Crippen LogP contribution in [0.15, 0.2) is 36.4 Å². The summed E-state index contributed by atoms with van der Waals surface area (Å²) in [5.74, 6) is -0.0576. The maximum absolute atomic E-state index is 12.5. The van der Waals surface area contributed by atoms with Crippen LogP contribution in [0.1, 0.15) is 31.4 Å². The number of methoxy groups -OCH3 is 1. The molecule has 0 fully saturated rings. The van der Waals surface area contributed by atoms with Gasteiger partial charge in [0.1, 0.15) is 5.75 Å². The lowest BCUT2D eigenvalue weighted by Crippen LogP contribution is -2.19. The molecule has 0 heterocycles. The molecule has 0 bridgehead atoms. The summed E-state index contributed by atoms with van der Waals surface area (Å²) in [6, 6.07) is 10.5. The molecule has 2 rings (SSSR count). The molecule has 2 aromatic rings. The first-order chi connectivity index (χ1) is 13.9. The maximum atomic E-state index is 12.5. The number of benzene rings is 2. The van der Waals surface area contributed by atoms with Gasteiger partial charge in [-0.25, -0.2) is 0 Å². The molecule has 156 valence electrons. The molecule has 7 heteroatoms. The summed E-state index contributed by atoms with van der Waals surface area (Å²) in [5, 5.41) is 3.65. The van der Waals surface area contributed by atoms with E-state index in [1.165, 1.54) is 0 Å². The average Bonchev–Trinajstić information content (AvgIpc) is 2.68. The monoisotopic (exact) mass is 437 g/mol. The Morgan fingerprint density at radius 2 is 1.86 bits per heavy atom. The van der Waals surface area contributed by atoms with Crippen LogP contribution in [0.2, 0.25) is 10.0 Å². The van der Waals surface area contributed by atoms with E-state index >= 15 is 0 Å². The van der Waals surface area contributed by atoms with E-state index in [2.05, 4.69) is 5.32 Å². The number of ether oxygens (including phenoxy) is 2. The second-order valence-electron chi connectivity index (χ2n) is 6.56. The molecule has 1 atom stereocenters. The predicted octanol–water partition coefficient (Wildman–Crippen LogP) is 5.32. The molecule has 0 radical (unpaired) electrons. The Bertz CT molecular complexity index is 870. The lowest BCUT2D eigenvalue weighted by atomic mass is 9.95. The van der Waals surface area contributed by atoms with E-state index in [-0.39, 0.29) is 24.2 Å². The number of hydrogen-bond donors (Lipinski definition) is 1. The molecular formula is C22H25Cl2NO4. The van der Waals surface area contributed by atoms with Crippen molar-refractivity contribution in [2.75, 3.05) is 19.0 Å². The summed E-state index contributed by atoms with van der Waals surface area (Å²) in [7, 11) is 1.56. The normalized spacial score (nSPS) is 11.6. The summed E-state index contributed by atoms with van der Waals surface area (Å²) in [6.07, 6.45) is 1.32. The first-order valence-corrected chi connectivity index (χ1v) is 10.2. The van der Waals surface area contributed by atoms with Crippen LogP contribution in [-0.4, -0.2) is 25.6 Å². The van der Waals surface area contributed by atoms with Gasteiger partial charge in [0.05, 0.1) is 36.8 Å². The zero-order valence-electron chi connectivity index (χ0n) is 16.8. The van der Waals surface area contributed by atoms with Gasteiger partial charge >= 0.3 is 5.97 Å². The minimum Gasteiger partial charge on any atom is -0.496 e. The third kappa shape index (κ3) is 6.65. The highest BCUT2D eigenvalue weighted by Gasteiger charge is 2.19. The van der Waals surface area contributed by atoms with Crippen LogP contribution in [0, 0.1) is 5.92 Å². The number of anilines is 1. The minimum atomic E-state index is -0.234. The Hall–Kier alpha value is -2.24. The van der Waals surface area contributed by atoms with Crippen LogP contribution < -0.4 is 10.1 Å². The lowest BCUT2D eigenvalue weighted by Gasteiger charge is -2.16. The largest absolute Gasteiger partial charge is 0.496 e. The number of carbonyl (C=O) groups is 2. The third-order valence-electron chi connectivity index (χ3n) is 4.50. The van der Waals surface area contributed by atoms with Gasteiger partial charge in [-0.2, -0.15) is 0 Å². The summed E-state index contributed by atoms with van der Waals surface area (Å²) in [6.45, 7) is 4.10. The van der Waals surface area contributed by atoms with Crippen molar-refractivity contribution in [1.82, 2.24) is 0 Å². The van der Waals surface area contributed by atoms with E-state index in [0.717, 1.165) is 11.1 Å². The number of rotatable bonds is 9. The van der Waals surface area contributed by atoms with Gasteiger partial charge in [-0.1, -0.05) is 42.3 Å². The molecule has 0 saturated carbocycles. The zero-order chi connectivity index (χ0) is 21.4. The SMILES string of the molecule is CCOC(=O)C(CC)Cc1ccc(OC)c(CC(=O)Nc2ccc(Cl)cc2Cl)c1. The number of halogens is 2. The fourth-order valence-electron chi connectivity index (χ4n) is 2.99. The summed E-state index contributed by atoms with van der Waals surface area (Å²) < 4.78 is 10.5. The van der Waals surface area contributed by atoms with Gasteiger partial charge < -0.3 is 14.8 Å². The highest BCUT2D eigenvalue weighted by atomic mass is 35.5. The third-order valence-corrected chi connectivity index (χ3v) is 5.04. The molecule has 0 aliphatic rings. The minimum absolute atomic E-state index is 0.103. The Morgan fingerprint density at radius 3 is 2.48 bits per heavy atom. The highest BCUT2D eigenvalue weighted by Crippen LogP contribution is 2.27. The van der Waals surface area contributed by atoms with Gasteiger partial charge in [-0.15, -0.1) is 0 Å². The lowest BCUT2D eigenvalue weighted by molar-refractivity contribution is -0.148. The van der Waals surface area contributed by atoms with Gasteiger partial charge in [-0.05, 0) is 49.6 Å². The van der Waals surface area contributed by atoms with E-state index in [0.29, 0.717) is 40.9 Å². The van der Waals surface area contributed by atoms with Crippen molar-refractivity contribution in [1.29, 1.82) is 0 Å². The van der Waals surface area contributed by atoms with Crippen LogP contribution in [0.25, 0.3) is 0 Å². The van der Waals surface area contributed by atoms with E-state index in [1.807, 2.05) is 25.1 Å². The van der Waals surface area contributed by atoms with Gasteiger partial charge in [0.25, 0.3) is 0 Å². The van der Waals surface area contributed by atoms with Crippen LogP contribution in [0.4, 0.5) is 5.69 Å². The zero-order valence-corrected chi connectivity index (χ0v) is 18.3. The Morgan fingerprint density at radius 1 is 1.10 bits per heavy atom. The number of amides is 1. The fourth-order valence-corrected chi connectivity index (χ4v) is 3.45. The quantitative estimate of drug-likeness (QED) is 0.539. The van der Waals surface area contributed by atoms with Gasteiger partial charge in [0.15, 0.2) is 0 Å². The van der Waals surface area contributed by atoms with Crippen LogP contribution in [-0.2, 0) is 27.2 Å². The van der Waals surface area contributed by atoms with Crippen LogP contribution in [0.5, 0.6) is 5.75 Å². The molecule has 1 N–H and O–H groups in total. The maximum Gasteiger partial charge on any atom is 0.309 e. The van der Waals surface area contributed by atoms with Crippen molar-refractivity contribution in [2.45, 2.75) is 33.1 Å². The topological polar surface area (TPSA) is 64.6 Å². The predicted molar refractivity (Wildman–Crippen MR) is 116 cm³/mol. The molecule has 2 aromatic carbocycles. The Kier molecular flexibility index (Phi) is 8.80. The molecule has 0 aromatic heterocycles. The highest BCUT2D eigenvalue weighted by molar-refractivity contribution is 6.36. The second kappa shape index (κ2) is 11.1. The summed E-state index contributed by atoms with van der Waals surface area (Å²) >= 11 is 12.0. The smallest absolute Gasteiger partial charge is 0.309 e. The summed E-state index contributed by atoms with van der Waals surface area (Å²) in [5.41, 5.74) is 2.16. The molecule has 0 aliphatic carbocycles. The molecule has 5 nitrogen and oxygen atoms in total. The molecule has 29 heavy (non-hydrogen) atoms. The van der Waals surface area contributed by atoms with Gasteiger partial charge in [0.2, 0.25) is 5.91 Å². The molecule has 1 amide bonds. The van der Waals surface area contributed by atoms with Gasteiger partial charge in [0, 0.05) is 10.6 Å². The average molecular weight is 438 g/mol. The van der Waals surface area contributed by atoms with Gasteiger partial charge in [-0.3, -0.25) is 9.59 Å². The number of carbonyl (C=O) groups excluding carboxylic acids is 2. The van der Waals surface area contributed by atoms with Crippen molar-refractivity contribution in [2.24, 2.45) is 5.92 Å².